The lowest BCUT2D eigenvalue weighted by molar-refractivity contribution is -0.118. The van der Waals surface area contributed by atoms with Crippen molar-refractivity contribution in [2.24, 2.45) is 0 Å². The number of carbonyl (C=O) groups excluding carboxylic acids is 1. The predicted molar refractivity (Wildman–Crippen MR) is 67.6 cm³/mol. The van der Waals surface area contributed by atoms with Crippen LogP contribution in [0.4, 0.5) is 0 Å². The molecule has 0 spiro atoms. The van der Waals surface area contributed by atoms with Crippen LogP contribution in [0.2, 0.25) is 0 Å². The molecular weight excluding hydrogens is 216 g/mol. The summed E-state index contributed by atoms with van der Waals surface area (Å²) in [6, 6.07) is 4.00. The van der Waals surface area contributed by atoms with Crippen molar-refractivity contribution in [2.45, 2.75) is 13.8 Å². The molecule has 1 aromatic heterocycles. The van der Waals surface area contributed by atoms with E-state index in [-0.39, 0.29) is 5.91 Å². The first-order valence-electron chi connectivity index (χ1n) is 6.04. The monoisotopic (exact) mass is 236 g/mol. The van der Waals surface area contributed by atoms with Gasteiger partial charge in [0.2, 0.25) is 0 Å². The first-order chi connectivity index (χ1) is 8.16. The molecule has 0 aliphatic carbocycles. The van der Waals surface area contributed by atoms with Crippen LogP contribution in [0.15, 0.2) is 12.1 Å². The molecule has 5 heteroatoms. The largest absolute Gasteiger partial charge is 0.314 e. The highest BCUT2D eigenvalue weighted by molar-refractivity contribution is 5.85. The molecule has 2 heterocycles. The van der Waals surface area contributed by atoms with Crippen LogP contribution in [-0.4, -0.2) is 48.2 Å². The molecule has 2 rings (SSSR count). The summed E-state index contributed by atoms with van der Waals surface area (Å²) < 4.78 is 1.84. The lowest BCUT2D eigenvalue weighted by Gasteiger charge is -2.26. The van der Waals surface area contributed by atoms with Crippen molar-refractivity contribution in [3.8, 4) is 0 Å². The Morgan fingerprint density at radius 2 is 1.88 bits per heavy atom. The number of hydrogen-bond donors (Lipinski definition) is 2. The molecule has 0 unspecified atom stereocenters. The van der Waals surface area contributed by atoms with Gasteiger partial charge in [-0.1, -0.05) is 0 Å². The number of amides is 1. The molecule has 0 radical (unpaired) electrons. The molecule has 1 fully saturated rings. The minimum absolute atomic E-state index is 0.0503. The van der Waals surface area contributed by atoms with Crippen LogP contribution < -0.4 is 10.7 Å². The Labute approximate surface area is 102 Å². The molecule has 94 valence electrons. The third-order valence-corrected chi connectivity index (χ3v) is 3.08. The van der Waals surface area contributed by atoms with Crippen molar-refractivity contribution < 1.29 is 4.79 Å². The van der Waals surface area contributed by atoms with Crippen LogP contribution in [0, 0.1) is 13.8 Å². The van der Waals surface area contributed by atoms with E-state index in [1.54, 1.807) is 0 Å². The number of nitrogens with zero attached hydrogens (tertiary/aromatic N) is 2. The second-order valence-corrected chi connectivity index (χ2v) is 4.51. The van der Waals surface area contributed by atoms with E-state index in [9.17, 15) is 4.79 Å². The van der Waals surface area contributed by atoms with Gasteiger partial charge >= 0.3 is 0 Å². The summed E-state index contributed by atoms with van der Waals surface area (Å²) >= 11 is 0. The zero-order valence-corrected chi connectivity index (χ0v) is 10.5. The second kappa shape index (κ2) is 5.33. The number of hydrogen-bond acceptors (Lipinski definition) is 3. The topological polar surface area (TPSA) is 49.3 Å². The van der Waals surface area contributed by atoms with Gasteiger partial charge in [0, 0.05) is 37.6 Å². The van der Waals surface area contributed by atoms with Gasteiger partial charge in [0.05, 0.1) is 6.54 Å². The predicted octanol–water partition coefficient (Wildman–Crippen LogP) is 0.0802. The first kappa shape index (κ1) is 12.1. The number of aryl methyl sites for hydroxylation is 2. The van der Waals surface area contributed by atoms with Crippen molar-refractivity contribution in [1.29, 1.82) is 0 Å². The van der Waals surface area contributed by atoms with Gasteiger partial charge in [0.25, 0.3) is 5.91 Å². The SMILES string of the molecule is Cc1ccc(C)n1NC(=O)CN1CCNCC1. The van der Waals surface area contributed by atoms with Gasteiger partial charge in [-0.2, -0.15) is 0 Å². The van der Waals surface area contributed by atoms with Gasteiger partial charge in [0.15, 0.2) is 0 Å². The summed E-state index contributed by atoms with van der Waals surface area (Å²) in [5.41, 5.74) is 5.03. The summed E-state index contributed by atoms with van der Waals surface area (Å²) in [7, 11) is 0. The Hall–Kier alpha value is -1.33. The highest BCUT2D eigenvalue weighted by Gasteiger charge is 2.14. The normalized spacial score (nSPS) is 17.1. The average Bonchev–Trinajstić information content (AvgIpc) is 2.62. The second-order valence-electron chi connectivity index (χ2n) is 4.51. The van der Waals surface area contributed by atoms with E-state index in [2.05, 4.69) is 15.6 Å². The molecule has 0 bridgehead atoms. The van der Waals surface area contributed by atoms with Gasteiger partial charge in [-0.3, -0.25) is 19.8 Å². The minimum atomic E-state index is 0.0503. The fourth-order valence-electron chi connectivity index (χ4n) is 2.08. The highest BCUT2D eigenvalue weighted by Crippen LogP contribution is 2.04. The third-order valence-electron chi connectivity index (χ3n) is 3.08. The Morgan fingerprint density at radius 3 is 2.47 bits per heavy atom. The van der Waals surface area contributed by atoms with Crippen LogP contribution in [-0.2, 0) is 4.79 Å². The van der Waals surface area contributed by atoms with E-state index in [0.29, 0.717) is 6.54 Å². The summed E-state index contributed by atoms with van der Waals surface area (Å²) in [5.74, 6) is 0.0503. The molecule has 1 saturated heterocycles. The van der Waals surface area contributed by atoms with Crippen LogP contribution >= 0.6 is 0 Å². The highest BCUT2D eigenvalue weighted by atomic mass is 16.2. The lowest BCUT2D eigenvalue weighted by Crippen LogP contribution is -2.47. The van der Waals surface area contributed by atoms with Crippen molar-refractivity contribution in [3.63, 3.8) is 0 Å². The molecular formula is C12H20N4O. The van der Waals surface area contributed by atoms with Crippen molar-refractivity contribution in [1.82, 2.24) is 14.9 Å². The van der Waals surface area contributed by atoms with Gasteiger partial charge < -0.3 is 5.32 Å². The summed E-state index contributed by atoms with van der Waals surface area (Å²) in [5, 5.41) is 3.27. The summed E-state index contributed by atoms with van der Waals surface area (Å²) in [4.78, 5) is 14.1. The molecule has 17 heavy (non-hydrogen) atoms. The van der Waals surface area contributed by atoms with Crippen LogP contribution in [0.1, 0.15) is 11.4 Å². The molecule has 0 saturated carbocycles. The van der Waals surface area contributed by atoms with Gasteiger partial charge in [0.1, 0.15) is 0 Å². The molecule has 2 N–H and O–H groups in total. The number of carbonyl (C=O) groups is 1. The van der Waals surface area contributed by atoms with Gasteiger partial charge in [-0.25, -0.2) is 0 Å². The standard InChI is InChI=1S/C12H20N4O/c1-10-3-4-11(2)16(10)14-12(17)9-15-7-5-13-6-8-15/h3-4,13H,5-9H2,1-2H3,(H,14,17). The molecule has 0 aromatic carbocycles. The fraction of sp³-hybridized carbons (Fsp3) is 0.583. The lowest BCUT2D eigenvalue weighted by atomic mass is 10.3. The zero-order chi connectivity index (χ0) is 12.3. The van der Waals surface area contributed by atoms with Crippen LogP contribution in [0.3, 0.4) is 0 Å². The molecule has 0 atom stereocenters. The molecule has 1 amide bonds. The van der Waals surface area contributed by atoms with E-state index in [0.717, 1.165) is 37.6 Å². The first-order valence-corrected chi connectivity index (χ1v) is 6.04. The molecule has 1 aromatic rings. The Bertz CT molecular complexity index is 374. The number of nitrogens with one attached hydrogen (secondary N) is 2. The smallest absolute Gasteiger partial charge is 0.252 e. The molecule has 1 aliphatic rings. The van der Waals surface area contributed by atoms with Crippen LogP contribution in [0.5, 0.6) is 0 Å². The number of aromatic nitrogens is 1. The Kier molecular flexibility index (Phi) is 3.81. The van der Waals surface area contributed by atoms with E-state index in [1.807, 2.05) is 30.7 Å². The molecule has 5 nitrogen and oxygen atoms in total. The maximum absolute atomic E-state index is 11.9. The maximum atomic E-state index is 11.9. The van der Waals surface area contributed by atoms with E-state index in [4.69, 9.17) is 0 Å². The van der Waals surface area contributed by atoms with Crippen molar-refractivity contribution in [2.75, 3.05) is 38.1 Å². The van der Waals surface area contributed by atoms with Gasteiger partial charge in [-0.05, 0) is 26.0 Å². The summed E-state index contributed by atoms with van der Waals surface area (Å²) in [6.45, 7) is 8.26. The van der Waals surface area contributed by atoms with E-state index in [1.165, 1.54) is 0 Å². The van der Waals surface area contributed by atoms with Crippen molar-refractivity contribution >= 4 is 5.91 Å². The Balaban J connectivity index is 1.88. The van der Waals surface area contributed by atoms with E-state index < -0.39 is 0 Å². The number of rotatable bonds is 3. The average molecular weight is 236 g/mol. The molecule has 1 aliphatic heterocycles. The van der Waals surface area contributed by atoms with E-state index >= 15 is 0 Å². The van der Waals surface area contributed by atoms with Crippen molar-refractivity contribution in [3.05, 3.63) is 23.5 Å². The minimum Gasteiger partial charge on any atom is -0.314 e. The van der Waals surface area contributed by atoms with Crippen LogP contribution in [0.25, 0.3) is 0 Å². The third kappa shape index (κ3) is 3.08. The fourth-order valence-corrected chi connectivity index (χ4v) is 2.08. The van der Waals surface area contributed by atoms with Gasteiger partial charge in [-0.15, -0.1) is 0 Å². The maximum Gasteiger partial charge on any atom is 0.252 e. The Morgan fingerprint density at radius 1 is 1.29 bits per heavy atom. The summed E-state index contributed by atoms with van der Waals surface area (Å²) in [6.07, 6.45) is 0. The number of piperazine rings is 1. The zero-order valence-electron chi connectivity index (χ0n) is 10.5. The quantitative estimate of drug-likeness (QED) is 0.781.